The zero-order chi connectivity index (χ0) is 10.0. The molecule has 1 aliphatic heterocycles. The number of benzene rings is 1. The van der Waals surface area contributed by atoms with Gasteiger partial charge in [-0.25, -0.2) is 4.39 Å². The maximum absolute atomic E-state index is 12.5. The van der Waals surface area contributed by atoms with Gasteiger partial charge in [0.15, 0.2) is 0 Å². The van der Waals surface area contributed by atoms with Crippen molar-refractivity contribution in [2.45, 2.75) is 32.0 Å². The van der Waals surface area contributed by atoms with Crippen LogP contribution in [0, 0.1) is 0 Å². The van der Waals surface area contributed by atoms with Crippen molar-refractivity contribution in [3.05, 3.63) is 35.4 Å². The Hall–Kier alpha value is -0.890. The van der Waals surface area contributed by atoms with Gasteiger partial charge >= 0.3 is 0 Å². The molecule has 0 spiro atoms. The number of alkyl halides is 1. The highest BCUT2D eigenvalue weighted by atomic mass is 19.1. The third-order valence-corrected chi connectivity index (χ3v) is 3.09. The molecule has 1 atom stereocenters. The van der Waals surface area contributed by atoms with E-state index in [9.17, 15) is 4.39 Å². The van der Waals surface area contributed by atoms with Gasteiger partial charge in [0.2, 0.25) is 0 Å². The molecule has 0 aromatic heterocycles. The van der Waals surface area contributed by atoms with Crippen LogP contribution in [-0.4, -0.2) is 6.54 Å². The lowest BCUT2D eigenvalue weighted by Crippen LogP contribution is -2.33. The lowest BCUT2D eigenvalue weighted by Gasteiger charge is -2.25. The van der Waals surface area contributed by atoms with Gasteiger partial charge < -0.3 is 5.32 Å². The highest BCUT2D eigenvalue weighted by Gasteiger charge is 2.29. The summed E-state index contributed by atoms with van der Waals surface area (Å²) >= 11 is 0. The monoisotopic (exact) mass is 193 g/mol. The van der Waals surface area contributed by atoms with E-state index >= 15 is 0 Å². The van der Waals surface area contributed by atoms with E-state index in [-0.39, 0.29) is 12.2 Å². The van der Waals surface area contributed by atoms with Crippen molar-refractivity contribution in [1.82, 2.24) is 5.32 Å². The molecule has 1 aromatic rings. The predicted octanol–water partition coefficient (Wildman–Crippen LogP) is 2.75. The van der Waals surface area contributed by atoms with Gasteiger partial charge in [-0.1, -0.05) is 24.3 Å². The van der Waals surface area contributed by atoms with Crippen molar-refractivity contribution in [2.24, 2.45) is 0 Å². The normalized spacial score (nSPS) is 26.7. The molecule has 1 aliphatic rings. The summed E-state index contributed by atoms with van der Waals surface area (Å²) in [6.45, 7) is 2.89. The van der Waals surface area contributed by atoms with Crippen molar-refractivity contribution in [2.75, 3.05) is 6.54 Å². The van der Waals surface area contributed by atoms with Crippen LogP contribution in [0.2, 0.25) is 0 Å². The minimum atomic E-state index is -0.371. The number of halogens is 1. The van der Waals surface area contributed by atoms with Gasteiger partial charge in [0.25, 0.3) is 0 Å². The quantitative estimate of drug-likeness (QED) is 0.761. The Morgan fingerprint density at radius 2 is 2.36 bits per heavy atom. The summed E-state index contributed by atoms with van der Waals surface area (Å²) in [7, 11) is 0. The Labute approximate surface area is 84.3 Å². The molecule has 0 radical (unpaired) electrons. The first-order chi connectivity index (χ1) is 6.74. The summed E-state index contributed by atoms with van der Waals surface area (Å²) in [5.41, 5.74) is 2.05. The molecule has 0 aliphatic carbocycles. The number of nitrogens with one attached hydrogen (secondary N) is 1. The number of rotatable bonds is 2. The maximum atomic E-state index is 12.5. The summed E-state index contributed by atoms with van der Waals surface area (Å²) in [6, 6.07) is 7.83. The van der Waals surface area contributed by atoms with Crippen molar-refractivity contribution in [3.8, 4) is 0 Å². The van der Waals surface area contributed by atoms with E-state index in [1.54, 1.807) is 0 Å². The van der Waals surface area contributed by atoms with Gasteiger partial charge in [-0.15, -0.1) is 0 Å². The Morgan fingerprint density at radius 3 is 3.00 bits per heavy atom. The fraction of sp³-hybridized carbons (Fsp3) is 0.500. The molecule has 0 amide bonds. The lowest BCUT2D eigenvalue weighted by atomic mass is 9.90. The third-order valence-electron chi connectivity index (χ3n) is 3.09. The van der Waals surface area contributed by atoms with Gasteiger partial charge in [0.05, 0.1) is 0 Å². The van der Waals surface area contributed by atoms with Gasteiger partial charge in [0, 0.05) is 5.54 Å². The topological polar surface area (TPSA) is 12.0 Å². The van der Waals surface area contributed by atoms with Crippen LogP contribution in [0.5, 0.6) is 0 Å². The summed E-state index contributed by atoms with van der Waals surface area (Å²) in [5, 5.41) is 3.48. The average Bonchev–Trinajstić information content (AvgIpc) is 2.67. The van der Waals surface area contributed by atoms with Crippen LogP contribution in [0.15, 0.2) is 24.3 Å². The van der Waals surface area contributed by atoms with Crippen molar-refractivity contribution >= 4 is 0 Å². The van der Waals surface area contributed by atoms with Crippen LogP contribution in [0.25, 0.3) is 0 Å². The second-order valence-corrected chi connectivity index (χ2v) is 4.20. The molecule has 1 nitrogen and oxygen atoms in total. The van der Waals surface area contributed by atoms with Gasteiger partial charge in [0.1, 0.15) is 6.67 Å². The first-order valence-electron chi connectivity index (χ1n) is 5.15. The Morgan fingerprint density at radius 1 is 1.50 bits per heavy atom. The number of hydrogen-bond acceptors (Lipinski definition) is 1. The molecule has 1 fully saturated rings. The summed E-state index contributed by atoms with van der Waals surface area (Å²) < 4.78 is 12.5. The zero-order valence-electron chi connectivity index (χ0n) is 8.52. The molecule has 1 heterocycles. The van der Waals surface area contributed by atoms with Gasteiger partial charge in [-0.05, 0) is 37.4 Å². The second-order valence-electron chi connectivity index (χ2n) is 4.20. The molecular weight excluding hydrogens is 177 g/mol. The maximum Gasteiger partial charge on any atom is 0.115 e. The van der Waals surface area contributed by atoms with E-state index in [1.807, 2.05) is 18.2 Å². The Balaban J connectivity index is 2.30. The Bertz CT molecular complexity index is 316. The molecule has 14 heavy (non-hydrogen) atoms. The van der Waals surface area contributed by atoms with Crippen LogP contribution < -0.4 is 5.32 Å². The van der Waals surface area contributed by atoms with Crippen molar-refractivity contribution in [3.63, 3.8) is 0 Å². The van der Waals surface area contributed by atoms with E-state index in [0.717, 1.165) is 18.5 Å². The molecule has 1 unspecified atom stereocenters. The predicted molar refractivity (Wildman–Crippen MR) is 55.8 cm³/mol. The largest absolute Gasteiger partial charge is 0.308 e. The molecule has 1 aromatic carbocycles. The summed E-state index contributed by atoms with van der Waals surface area (Å²) in [5.74, 6) is 0. The molecule has 1 saturated heterocycles. The first-order valence-corrected chi connectivity index (χ1v) is 5.15. The zero-order valence-corrected chi connectivity index (χ0v) is 8.52. The average molecular weight is 193 g/mol. The molecule has 76 valence electrons. The first kappa shape index (κ1) is 9.66. The second kappa shape index (κ2) is 3.70. The fourth-order valence-electron chi connectivity index (χ4n) is 2.14. The van der Waals surface area contributed by atoms with Crippen LogP contribution in [0.3, 0.4) is 0 Å². The summed E-state index contributed by atoms with van der Waals surface area (Å²) in [6.07, 6.45) is 2.35. The minimum Gasteiger partial charge on any atom is -0.308 e. The molecule has 0 bridgehead atoms. The Kier molecular flexibility index (Phi) is 2.55. The van der Waals surface area contributed by atoms with E-state index in [1.165, 1.54) is 12.0 Å². The summed E-state index contributed by atoms with van der Waals surface area (Å²) in [4.78, 5) is 0. The van der Waals surface area contributed by atoms with E-state index in [2.05, 4.69) is 18.3 Å². The van der Waals surface area contributed by atoms with Crippen LogP contribution in [0.1, 0.15) is 30.9 Å². The third kappa shape index (κ3) is 1.67. The van der Waals surface area contributed by atoms with Crippen LogP contribution >= 0.6 is 0 Å². The lowest BCUT2D eigenvalue weighted by molar-refractivity contribution is 0.432. The van der Waals surface area contributed by atoms with Crippen molar-refractivity contribution < 1.29 is 4.39 Å². The van der Waals surface area contributed by atoms with E-state index in [4.69, 9.17) is 0 Å². The van der Waals surface area contributed by atoms with Gasteiger partial charge in [-0.3, -0.25) is 0 Å². The van der Waals surface area contributed by atoms with E-state index in [0.29, 0.717) is 0 Å². The minimum absolute atomic E-state index is 0.0607. The van der Waals surface area contributed by atoms with Crippen LogP contribution in [-0.2, 0) is 12.2 Å². The molecule has 2 rings (SSSR count). The standard InChI is InChI=1S/C12H16FN/c1-12(6-3-7-14-12)11-5-2-4-10(8-11)9-13/h2,4-5,8,14H,3,6-7,9H2,1H3. The van der Waals surface area contributed by atoms with Gasteiger partial charge in [-0.2, -0.15) is 0 Å². The highest BCUT2D eigenvalue weighted by Crippen LogP contribution is 2.30. The highest BCUT2D eigenvalue weighted by molar-refractivity contribution is 5.29. The molecule has 0 saturated carbocycles. The van der Waals surface area contributed by atoms with E-state index < -0.39 is 0 Å². The molecular formula is C12H16FN. The fourth-order valence-corrected chi connectivity index (χ4v) is 2.14. The molecule has 1 N–H and O–H groups in total. The smallest absolute Gasteiger partial charge is 0.115 e. The SMILES string of the molecule is CC1(c2cccc(CF)c2)CCCN1. The van der Waals surface area contributed by atoms with Crippen molar-refractivity contribution in [1.29, 1.82) is 0 Å². The molecule has 2 heteroatoms. The number of hydrogen-bond donors (Lipinski definition) is 1. The van der Waals surface area contributed by atoms with Crippen LogP contribution in [0.4, 0.5) is 4.39 Å².